The summed E-state index contributed by atoms with van der Waals surface area (Å²) < 4.78 is 54.6. The van der Waals surface area contributed by atoms with E-state index in [9.17, 15) is 18.0 Å². The van der Waals surface area contributed by atoms with Gasteiger partial charge in [0.05, 0.1) is 30.0 Å². The van der Waals surface area contributed by atoms with Gasteiger partial charge in [0.15, 0.2) is 5.82 Å². The molecule has 0 amide bonds. The van der Waals surface area contributed by atoms with Crippen LogP contribution in [0.25, 0.3) is 11.4 Å². The molecule has 30 heavy (non-hydrogen) atoms. The van der Waals surface area contributed by atoms with Crippen molar-refractivity contribution in [1.29, 1.82) is 0 Å². The van der Waals surface area contributed by atoms with E-state index in [0.29, 0.717) is 48.6 Å². The Hall–Kier alpha value is -3.14. The first kappa shape index (κ1) is 20.1. The minimum Gasteiger partial charge on any atom is -0.489 e. The Labute approximate surface area is 168 Å². The van der Waals surface area contributed by atoms with E-state index in [1.54, 1.807) is 12.3 Å². The molecule has 3 aromatic rings. The van der Waals surface area contributed by atoms with Crippen LogP contribution in [0.1, 0.15) is 29.7 Å². The van der Waals surface area contributed by atoms with E-state index in [1.165, 1.54) is 12.1 Å². The van der Waals surface area contributed by atoms with E-state index in [1.807, 2.05) is 0 Å². The molecule has 0 bridgehead atoms. The molecule has 0 spiro atoms. The lowest BCUT2D eigenvalue weighted by Crippen LogP contribution is -2.26. The second kappa shape index (κ2) is 8.31. The molecule has 7 nitrogen and oxygen atoms in total. The minimum absolute atomic E-state index is 0.0718. The maximum Gasteiger partial charge on any atom is 0.439 e. The number of hydrogen-bond acceptors (Lipinski definition) is 6. The van der Waals surface area contributed by atoms with Gasteiger partial charge in [0, 0.05) is 25.5 Å². The summed E-state index contributed by atoms with van der Waals surface area (Å²) in [6.07, 6.45) is -1.28. The molecule has 1 N–H and O–H groups in total. The minimum atomic E-state index is -4.40. The summed E-state index contributed by atoms with van der Waals surface area (Å²) in [7, 11) is 0. The highest BCUT2D eigenvalue weighted by molar-refractivity contribution is 5.66. The van der Waals surface area contributed by atoms with Crippen molar-refractivity contribution in [3.05, 3.63) is 63.9 Å². The number of alkyl halides is 3. The van der Waals surface area contributed by atoms with Crippen molar-refractivity contribution in [2.45, 2.75) is 31.5 Å². The molecular formula is C20H18F3N3O4. The predicted octanol–water partition coefficient (Wildman–Crippen LogP) is 3.59. The fourth-order valence-electron chi connectivity index (χ4n) is 3.29. The van der Waals surface area contributed by atoms with Crippen LogP contribution in [0.2, 0.25) is 0 Å². The Morgan fingerprint density at radius 3 is 2.50 bits per heavy atom. The molecule has 10 heteroatoms. The molecule has 4 rings (SSSR count). The molecular weight excluding hydrogens is 403 g/mol. The lowest BCUT2D eigenvalue weighted by atomic mass is 10.0. The largest absolute Gasteiger partial charge is 0.489 e. The molecule has 1 saturated heterocycles. The van der Waals surface area contributed by atoms with Crippen LogP contribution in [0.4, 0.5) is 13.2 Å². The topological polar surface area (TPSA) is 90.2 Å². The first-order chi connectivity index (χ1) is 14.4. The average molecular weight is 421 g/mol. The second-order valence-electron chi connectivity index (χ2n) is 6.88. The summed E-state index contributed by atoms with van der Waals surface area (Å²) in [5.41, 5.74) is 0.821. The molecule has 2 aromatic heterocycles. The van der Waals surface area contributed by atoms with Gasteiger partial charge in [-0.3, -0.25) is 14.5 Å². The van der Waals surface area contributed by atoms with Gasteiger partial charge >= 0.3 is 11.9 Å². The van der Waals surface area contributed by atoms with Crippen molar-refractivity contribution in [1.82, 2.24) is 15.1 Å². The van der Waals surface area contributed by atoms with Crippen molar-refractivity contribution in [3.8, 4) is 17.1 Å². The van der Waals surface area contributed by atoms with E-state index in [2.05, 4.69) is 19.6 Å². The van der Waals surface area contributed by atoms with Gasteiger partial charge in [-0.05, 0) is 23.8 Å². The monoisotopic (exact) mass is 421 g/mol. The summed E-state index contributed by atoms with van der Waals surface area (Å²) in [6, 6.07) is 6.50. The highest BCUT2D eigenvalue weighted by atomic mass is 19.4. The zero-order chi connectivity index (χ0) is 21.1. The van der Waals surface area contributed by atoms with Crippen molar-refractivity contribution >= 4 is 0 Å². The number of benzene rings is 1. The van der Waals surface area contributed by atoms with Crippen molar-refractivity contribution in [2.75, 3.05) is 13.2 Å². The third kappa shape index (κ3) is 4.54. The molecule has 1 aliphatic rings. The van der Waals surface area contributed by atoms with Gasteiger partial charge in [-0.2, -0.15) is 13.2 Å². The number of hydrogen-bond donors (Lipinski definition) is 1. The fourth-order valence-corrected chi connectivity index (χ4v) is 3.29. The Morgan fingerprint density at radius 2 is 1.87 bits per heavy atom. The number of aromatic amines is 1. The van der Waals surface area contributed by atoms with Crippen LogP contribution in [0.5, 0.6) is 5.75 Å². The first-order valence-corrected chi connectivity index (χ1v) is 9.35. The summed E-state index contributed by atoms with van der Waals surface area (Å²) in [5.74, 6) is -0.119. The number of nitrogens with zero attached hydrogens (tertiary/aromatic N) is 2. The Bertz CT molecular complexity index is 1050. The van der Waals surface area contributed by atoms with E-state index in [4.69, 9.17) is 9.47 Å². The van der Waals surface area contributed by atoms with Crippen LogP contribution in [0.3, 0.4) is 0 Å². The Kier molecular flexibility index (Phi) is 5.58. The van der Waals surface area contributed by atoms with Gasteiger partial charge < -0.3 is 9.47 Å². The molecule has 0 saturated carbocycles. The van der Waals surface area contributed by atoms with Crippen molar-refractivity contribution in [3.63, 3.8) is 0 Å². The average Bonchev–Trinajstić information content (AvgIpc) is 3.14. The SMILES string of the molecule is O=c1[nH]c(-c2c(OC3CCOCC3)ccnc2Cc2ccc(C(F)(F)F)cc2)no1. The third-order valence-corrected chi connectivity index (χ3v) is 4.78. The maximum atomic E-state index is 12.8. The maximum absolute atomic E-state index is 12.8. The number of H-pyrrole nitrogens is 1. The van der Waals surface area contributed by atoms with Gasteiger partial charge in [0.25, 0.3) is 0 Å². The van der Waals surface area contributed by atoms with Crippen molar-refractivity contribution < 1.29 is 27.2 Å². The highest BCUT2D eigenvalue weighted by Crippen LogP contribution is 2.33. The van der Waals surface area contributed by atoms with Gasteiger partial charge in [-0.1, -0.05) is 17.3 Å². The number of nitrogens with one attached hydrogen (secondary N) is 1. The second-order valence-corrected chi connectivity index (χ2v) is 6.88. The Morgan fingerprint density at radius 1 is 1.13 bits per heavy atom. The molecule has 1 aliphatic heterocycles. The summed E-state index contributed by atoms with van der Waals surface area (Å²) in [6.45, 7) is 1.18. The lowest BCUT2D eigenvalue weighted by molar-refractivity contribution is -0.137. The van der Waals surface area contributed by atoms with Crippen LogP contribution >= 0.6 is 0 Å². The molecule has 1 aromatic carbocycles. The van der Waals surface area contributed by atoms with E-state index in [-0.39, 0.29) is 18.3 Å². The van der Waals surface area contributed by atoms with Gasteiger partial charge in [-0.15, -0.1) is 0 Å². The zero-order valence-electron chi connectivity index (χ0n) is 15.7. The summed E-state index contributed by atoms with van der Waals surface area (Å²) >= 11 is 0. The molecule has 3 heterocycles. The van der Waals surface area contributed by atoms with E-state index in [0.717, 1.165) is 12.1 Å². The van der Waals surface area contributed by atoms with Crippen LogP contribution in [-0.2, 0) is 17.3 Å². The summed E-state index contributed by atoms with van der Waals surface area (Å²) in [4.78, 5) is 18.3. The number of rotatable bonds is 5. The van der Waals surface area contributed by atoms with Gasteiger partial charge in [0.1, 0.15) is 11.9 Å². The third-order valence-electron chi connectivity index (χ3n) is 4.78. The fraction of sp³-hybridized carbons (Fsp3) is 0.350. The smallest absolute Gasteiger partial charge is 0.439 e. The van der Waals surface area contributed by atoms with Crippen LogP contribution < -0.4 is 10.5 Å². The number of halogens is 3. The molecule has 0 atom stereocenters. The highest BCUT2D eigenvalue weighted by Gasteiger charge is 2.30. The van der Waals surface area contributed by atoms with E-state index < -0.39 is 17.5 Å². The van der Waals surface area contributed by atoms with Gasteiger partial charge in [0.2, 0.25) is 0 Å². The normalized spacial score (nSPS) is 15.3. The standard InChI is InChI=1S/C20H18F3N3O4/c21-20(22,23)13-3-1-12(2-4-13)11-15-17(18-25-19(27)30-26-18)16(5-8-24-15)29-14-6-9-28-10-7-14/h1-5,8,14H,6-7,9-11H2,(H,25,26,27). The molecule has 158 valence electrons. The quantitative estimate of drug-likeness (QED) is 0.677. The number of ether oxygens (including phenoxy) is 2. The summed E-state index contributed by atoms with van der Waals surface area (Å²) in [5, 5.41) is 3.75. The Balaban J connectivity index is 1.68. The number of pyridine rings is 1. The first-order valence-electron chi connectivity index (χ1n) is 9.35. The number of aromatic nitrogens is 3. The molecule has 0 aliphatic carbocycles. The molecule has 0 unspecified atom stereocenters. The predicted molar refractivity (Wildman–Crippen MR) is 99.1 cm³/mol. The van der Waals surface area contributed by atoms with Crippen LogP contribution in [-0.4, -0.2) is 34.4 Å². The molecule has 0 radical (unpaired) electrons. The van der Waals surface area contributed by atoms with Crippen LogP contribution in [0, 0.1) is 0 Å². The zero-order valence-corrected chi connectivity index (χ0v) is 15.7. The van der Waals surface area contributed by atoms with Gasteiger partial charge in [-0.25, -0.2) is 4.79 Å². The van der Waals surface area contributed by atoms with Crippen LogP contribution in [0.15, 0.2) is 45.8 Å². The molecule has 1 fully saturated rings. The van der Waals surface area contributed by atoms with Crippen molar-refractivity contribution in [2.24, 2.45) is 0 Å². The lowest BCUT2D eigenvalue weighted by Gasteiger charge is -2.24. The van der Waals surface area contributed by atoms with E-state index >= 15 is 0 Å².